The van der Waals surface area contributed by atoms with Gasteiger partial charge in [0, 0.05) is 24.8 Å². The first-order valence-corrected chi connectivity index (χ1v) is 5.81. The van der Waals surface area contributed by atoms with Gasteiger partial charge in [-0.2, -0.15) is 4.98 Å². The summed E-state index contributed by atoms with van der Waals surface area (Å²) in [6.07, 6.45) is 0.423. The number of nitrogens with zero attached hydrogens (tertiary/aromatic N) is 3. The second kappa shape index (κ2) is 4.85. The molecule has 1 aliphatic heterocycles. The first-order valence-electron chi connectivity index (χ1n) is 5.81. The lowest BCUT2D eigenvalue weighted by Crippen LogP contribution is -2.46. The van der Waals surface area contributed by atoms with E-state index < -0.39 is 0 Å². The van der Waals surface area contributed by atoms with Gasteiger partial charge in [0.05, 0.1) is 12.2 Å². The van der Waals surface area contributed by atoms with E-state index in [2.05, 4.69) is 34.1 Å². The number of morpholine rings is 1. The molecule has 94 valence electrons. The fourth-order valence-corrected chi connectivity index (χ4v) is 2.14. The molecule has 6 nitrogen and oxygen atoms in total. The number of aryl methyl sites for hydroxylation is 1. The summed E-state index contributed by atoms with van der Waals surface area (Å²) in [6.45, 7) is 7.74. The zero-order chi connectivity index (χ0) is 12.4. The number of nitrogen functional groups attached to an aromatic ring is 1. The summed E-state index contributed by atoms with van der Waals surface area (Å²) in [5.41, 5.74) is 3.39. The zero-order valence-electron chi connectivity index (χ0n) is 10.5. The lowest BCUT2D eigenvalue weighted by Gasteiger charge is -2.36. The summed E-state index contributed by atoms with van der Waals surface area (Å²) >= 11 is 0. The van der Waals surface area contributed by atoms with Crippen molar-refractivity contribution in [3.63, 3.8) is 0 Å². The van der Waals surface area contributed by atoms with Gasteiger partial charge >= 0.3 is 0 Å². The number of nitrogens with two attached hydrogens (primary N) is 1. The molecule has 1 aromatic rings. The van der Waals surface area contributed by atoms with Crippen molar-refractivity contribution in [2.45, 2.75) is 33.0 Å². The first-order chi connectivity index (χ1) is 8.08. The molecular weight excluding hydrogens is 218 g/mol. The predicted octanol–water partition coefficient (Wildman–Crippen LogP) is 0.684. The van der Waals surface area contributed by atoms with Crippen LogP contribution in [0.1, 0.15) is 19.5 Å². The Morgan fingerprint density at radius 2 is 2.00 bits per heavy atom. The molecular formula is C11H19N5O. The summed E-state index contributed by atoms with van der Waals surface area (Å²) < 4.78 is 5.70. The van der Waals surface area contributed by atoms with Crippen molar-refractivity contribution < 1.29 is 4.74 Å². The van der Waals surface area contributed by atoms with Gasteiger partial charge in [-0.05, 0) is 20.8 Å². The molecule has 1 saturated heterocycles. The number of hydrazine groups is 1. The smallest absolute Gasteiger partial charge is 0.239 e. The molecule has 0 aromatic carbocycles. The quantitative estimate of drug-likeness (QED) is 0.582. The Labute approximate surface area is 101 Å². The summed E-state index contributed by atoms with van der Waals surface area (Å²) in [5, 5.41) is 0. The monoisotopic (exact) mass is 237 g/mol. The molecule has 0 amide bonds. The van der Waals surface area contributed by atoms with Crippen molar-refractivity contribution in [3.8, 4) is 0 Å². The number of ether oxygens (including phenoxy) is 1. The van der Waals surface area contributed by atoms with Crippen LogP contribution in [0.3, 0.4) is 0 Å². The minimum atomic E-state index is 0.211. The molecule has 2 atom stereocenters. The fourth-order valence-electron chi connectivity index (χ4n) is 2.14. The van der Waals surface area contributed by atoms with E-state index in [1.54, 1.807) is 0 Å². The molecule has 0 aliphatic carbocycles. The van der Waals surface area contributed by atoms with E-state index in [1.165, 1.54) is 0 Å². The number of anilines is 2. The molecule has 0 spiro atoms. The second-order valence-corrected chi connectivity index (χ2v) is 4.50. The van der Waals surface area contributed by atoms with Crippen LogP contribution in [0.4, 0.5) is 11.8 Å². The maximum absolute atomic E-state index is 5.70. The molecule has 2 heterocycles. The van der Waals surface area contributed by atoms with Crippen LogP contribution in [0, 0.1) is 6.92 Å². The molecule has 1 fully saturated rings. The van der Waals surface area contributed by atoms with Gasteiger partial charge in [-0.15, -0.1) is 0 Å². The van der Waals surface area contributed by atoms with Crippen LogP contribution in [-0.2, 0) is 4.74 Å². The molecule has 3 N–H and O–H groups in total. The highest BCUT2D eigenvalue weighted by atomic mass is 16.5. The highest BCUT2D eigenvalue weighted by molar-refractivity contribution is 5.45. The zero-order valence-corrected chi connectivity index (χ0v) is 10.5. The van der Waals surface area contributed by atoms with E-state index in [0.29, 0.717) is 5.95 Å². The Morgan fingerprint density at radius 3 is 2.59 bits per heavy atom. The van der Waals surface area contributed by atoms with Crippen LogP contribution in [0.2, 0.25) is 0 Å². The van der Waals surface area contributed by atoms with Crippen molar-refractivity contribution >= 4 is 11.8 Å². The minimum Gasteiger partial charge on any atom is -0.372 e. The fraction of sp³-hybridized carbons (Fsp3) is 0.636. The number of hydrogen-bond acceptors (Lipinski definition) is 6. The van der Waals surface area contributed by atoms with Crippen molar-refractivity contribution in [2.75, 3.05) is 23.4 Å². The predicted molar refractivity (Wildman–Crippen MR) is 66.8 cm³/mol. The van der Waals surface area contributed by atoms with Gasteiger partial charge < -0.3 is 9.64 Å². The van der Waals surface area contributed by atoms with Crippen molar-refractivity contribution in [2.24, 2.45) is 5.84 Å². The van der Waals surface area contributed by atoms with E-state index >= 15 is 0 Å². The third-order valence-electron chi connectivity index (χ3n) is 2.71. The Hall–Kier alpha value is -1.40. The summed E-state index contributed by atoms with van der Waals surface area (Å²) in [7, 11) is 0. The van der Waals surface area contributed by atoms with E-state index in [1.807, 2.05) is 13.0 Å². The third kappa shape index (κ3) is 2.83. The van der Waals surface area contributed by atoms with Crippen molar-refractivity contribution in [1.29, 1.82) is 0 Å². The number of rotatable bonds is 2. The summed E-state index contributed by atoms with van der Waals surface area (Å²) in [6, 6.07) is 1.96. The maximum Gasteiger partial charge on any atom is 0.239 e. The van der Waals surface area contributed by atoms with E-state index in [-0.39, 0.29) is 12.2 Å². The molecule has 0 bridgehead atoms. The molecule has 0 saturated carbocycles. The van der Waals surface area contributed by atoms with Crippen molar-refractivity contribution in [3.05, 3.63) is 11.8 Å². The van der Waals surface area contributed by atoms with Gasteiger partial charge in [0.1, 0.15) is 5.82 Å². The number of hydrogen-bond donors (Lipinski definition) is 2. The number of nitrogens with one attached hydrogen (secondary N) is 1. The topological polar surface area (TPSA) is 76.3 Å². The van der Waals surface area contributed by atoms with Crippen LogP contribution in [-0.4, -0.2) is 35.3 Å². The largest absolute Gasteiger partial charge is 0.372 e. The SMILES string of the molecule is Cc1cc(N2C[C@@H](C)O[C@@H](C)C2)nc(NN)n1. The van der Waals surface area contributed by atoms with E-state index in [0.717, 1.165) is 24.6 Å². The van der Waals surface area contributed by atoms with E-state index in [4.69, 9.17) is 10.6 Å². The summed E-state index contributed by atoms with van der Waals surface area (Å²) in [5.74, 6) is 6.70. The lowest BCUT2D eigenvalue weighted by molar-refractivity contribution is -0.00546. The Kier molecular flexibility index (Phi) is 3.44. The average molecular weight is 237 g/mol. The van der Waals surface area contributed by atoms with Crippen molar-refractivity contribution in [1.82, 2.24) is 9.97 Å². The Balaban J connectivity index is 2.23. The molecule has 6 heteroatoms. The van der Waals surface area contributed by atoms with Crippen LogP contribution in [0.15, 0.2) is 6.07 Å². The highest BCUT2D eigenvalue weighted by Gasteiger charge is 2.23. The maximum atomic E-state index is 5.70. The van der Waals surface area contributed by atoms with E-state index in [9.17, 15) is 0 Å². The van der Waals surface area contributed by atoms with Gasteiger partial charge in [-0.3, -0.25) is 5.43 Å². The first kappa shape index (κ1) is 12.1. The second-order valence-electron chi connectivity index (χ2n) is 4.50. The number of aromatic nitrogens is 2. The Bertz CT molecular complexity index is 387. The Morgan fingerprint density at radius 1 is 1.35 bits per heavy atom. The minimum absolute atomic E-state index is 0.211. The van der Waals surface area contributed by atoms with Gasteiger partial charge in [0.25, 0.3) is 0 Å². The van der Waals surface area contributed by atoms with Gasteiger partial charge in [-0.25, -0.2) is 10.8 Å². The van der Waals surface area contributed by atoms with Crippen LogP contribution < -0.4 is 16.2 Å². The average Bonchev–Trinajstić information content (AvgIpc) is 2.26. The highest BCUT2D eigenvalue weighted by Crippen LogP contribution is 2.19. The molecule has 17 heavy (non-hydrogen) atoms. The summed E-state index contributed by atoms with van der Waals surface area (Å²) in [4.78, 5) is 10.8. The normalized spacial score (nSPS) is 24.8. The van der Waals surface area contributed by atoms with Crippen LogP contribution in [0.5, 0.6) is 0 Å². The van der Waals surface area contributed by atoms with Gasteiger partial charge in [0.2, 0.25) is 5.95 Å². The lowest BCUT2D eigenvalue weighted by atomic mass is 10.2. The third-order valence-corrected chi connectivity index (χ3v) is 2.71. The van der Waals surface area contributed by atoms with Gasteiger partial charge in [-0.1, -0.05) is 0 Å². The van der Waals surface area contributed by atoms with Crippen LogP contribution >= 0.6 is 0 Å². The molecule has 0 radical (unpaired) electrons. The van der Waals surface area contributed by atoms with Crippen LogP contribution in [0.25, 0.3) is 0 Å². The molecule has 1 aromatic heterocycles. The molecule has 0 unspecified atom stereocenters. The standard InChI is InChI=1S/C11H19N5O/c1-7-4-10(14-11(13-7)15-12)16-5-8(2)17-9(3)6-16/h4,8-9H,5-6,12H2,1-3H3,(H,13,14,15)/t8-,9+. The molecule has 2 rings (SSSR count). The molecule has 1 aliphatic rings. The van der Waals surface area contributed by atoms with Gasteiger partial charge in [0.15, 0.2) is 0 Å².